The molecule has 0 spiro atoms. The van der Waals surface area contributed by atoms with Crippen molar-refractivity contribution in [2.24, 2.45) is 0 Å². The molecule has 0 radical (unpaired) electrons. The Morgan fingerprint density at radius 2 is 2.06 bits per heavy atom. The number of rotatable bonds is 3. The van der Waals surface area contributed by atoms with Gasteiger partial charge < -0.3 is 10.4 Å². The molecule has 6 nitrogen and oxygen atoms in total. The van der Waals surface area contributed by atoms with Gasteiger partial charge in [0.1, 0.15) is 5.75 Å². The number of hydrogen-bond acceptors (Lipinski definition) is 6. The molecule has 92 valence electrons. The van der Waals surface area contributed by atoms with Gasteiger partial charge in [0.15, 0.2) is 5.82 Å². The fourth-order valence-corrected chi connectivity index (χ4v) is 2.38. The number of phenolic OH excluding ortho intramolecular Hbond substituents is 1. The van der Waals surface area contributed by atoms with Crippen molar-refractivity contribution >= 4 is 21.4 Å². The fourth-order valence-electron chi connectivity index (χ4n) is 1.67. The number of fused-ring (bicyclic) bond motifs is 1. The molecule has 0 amide bonds. The van der Waals surface area contributed by atoms with Crippen molar-refractivity contribution < 1.29 is 5.11 Å². The minimum Gasteiger partial charge on any atom is -0.508 e. The van der Waals surface area contributed by atoms with E-state index in [-0.39, 0.29) is 5.75 Å². The molecular formula is C11H11N5OS. The molecule has 0 fully saturated rings. The van der Waals surface area contributed by atoms with Crippen molar-refractivity contribution in [3.8, 4) is 5.75 Å². The van der Waals surface area contributed by atoms with Crippen LogP contribution >= 0.6 is 11.3 Å². The first-order valence-corrected chi connectivity index (χ1v) is 6.24. The van der Waals surface area contributed by atoms with Crippen molar-refractivity contribution in [3.63, 3.8) is 0 Å². The van der Waals surface area contributed by atoms with Gasteiger partial charge in [0.2, 0.25) is 10.1 Å². The molecule has 7 heteroatoms. The van der Waals surface area contributed by atoms with Crippen molar-refractivity contribution in [1.82, 2.24) is 19.8 Å². The second kappa shape index (κ2) is 4.26. The van der Waals surface area contributed by atoms with Gasteiger partial charge in [-0.05, 0) is 17.7 Å². The quantitative estimate of drug-likeness (QED) is 0.747. The Labute approximate surface area is 107 Å². The van der Waals surface area contributed by atoms with E-state index in [1.54, 1.807) is 16.6 Å². The molecule has 1 aromatic carbocycles. The van der Waals surface area contributed by atoms with Gasteiger partial charge in [-0.3, -0.25) is 0 Å². The highest BCUT2D eigenvalue weighted by Gasteiger charge is 2.11. The maximum absolute atomic E-state index is 9.24. The van der Waals surface area contributed by atoms with Crippen LogP contribution in [0.4, 0.5) is 5.13 Å². The van der Waals surface area contributed by atoms with Gasteiger partial charge in [-0.25, -0.2) is 0 Å². The molecule has 0 unspecified atom stereocenters. The normalized spacial score (nSPS) is 10.9. The van der Waals surface area contributed by atoms with E-state index in [1.807, 2.05) is 19.2 Å². The molecule has 3 rings (SSSR count). The smallest absolute Gasteiger partial charge is 0.236 e. The van der Waals surface area contributed by atoms with E-state index in [1.165, 1.54) is 11.3 Å². The average molecular weight is 261 g/mol. The van der Waals surface area contributed by atoms with E-state index in [0.29, 0.717) is 6.42 Å². The summed E-state index contributed by atoms with van der Waals surface area (Å²) in [6.07, 6.45) is 0.633. The predicted molar refractivity (Wildman–Crippen MR) is 69.1 cm³/mol. The SMILES string of the molecule is CNc1nn2c(Cc3ccc(O)cc3)nnc2s1. The standard InChI is InChI=1S/C11H11N5OS/c1-12-10-15-16-9(13-14-11(16)18-10)6-7-2-4-8(17)5-3-7/h2-5,17H,6H2,1H3,(H,12,15). The van der Waals surface area contributed by atoms with Crippen LogP contribution in [0.25, 0.3) is 4.96 Å². The van der Waals surface area contributed by atoms with Crippen molar-refractivity contribution in [2.45, 2.75) is 6.42 Å². The molecule has 0 atom stereocenters. The topological polar surface area (TPSA) is 75.3 Å². The third-order valence-electron chi connectivity index (χ3n) is 2.57. The maximum atomic E-state index is 9.24. The molecule has 0 aliphatic rings. The Morgan fingerprint density at radius 1 is 1.28 bits per heavy atom. The molecule has 2 aromatic heterocycles. The van der Waals surface area contributed by atoms with Crippen LogP contribution in [-0.2, 0) is 6.42 Å². The molecule has 0 saturated carbocycles. The predicted octanol–water partition coefficient (Wildman–Crippen LogP) is 1.52. The molecule has 0 saturated heterocycles. The van der Waals surface area contributed by atoms with Gasteiger partial charge in [0.25, 0.3) is 0 Å². The number of nitrogens with one attached hydrogen (secondary N) is 1. The van der Waals surface area contributed by atoms with Crippen molar-refractivity contribution in [3.05, 3.63) is 35.7 Å². The lowest BCUT2D eigenvalue weighted by Gasteiger charge is -1.98. The molecule has 3 aromatic rings. The molecule has 0 bridgehead atoms. The van der Waals surface area contributed by atoms with Gasteiger partial charge in [-0.2, -0.15) is 4.52 Å². The zero-order chi connectivity index (χ0) is 12.5. The summed E-state index contributed by atoms with van der Waals surface area (Å²) < 4.78 is 1.74. The van der Waals surface area contributed by atoms with Crippen molar-refractivity contribution in [2.75, 3.05) is 12.4 Å². The molecular weight excluding hydrogens is 250 g/mol. The number of nitrogens with zero attached hydrogens (tertiary/aromatic N) is 4. The van der Waals surface area contributed by atoms with E-state index >= 15 is 0 Å². The Kier molecular flexibility index (Phi) is 2.60. The van der Waals surface area contributed by atoms with Gasteiger partial charge in [0, 0.05) is 13.5 Å². The van der Waals surface area contributed by atoms with Crippen LogP contribution in [0.3, 0.4) is 0 Å². The summed E-state index contributed by atoms with van der Waals surface area (Å²) in [4.78, 5) is 0.771. The zero-order valence-corrected chi connectivity index (χ0v) is 10.5. The van der Waals surface area contributed by atoms with Gasteiger partial charge in [-0.1, -0.05) is 23.5 Å². The number of phenols is 1. The number of aromatic nitrogens is 4. The minimum atomic E-state index is 0.260. The third kappa shape index (κ3) is 1.88. The summed E-state index contributed by atoms with van der Waals surface area (Å²) in [5, 5.41) is 25.6. The summed E-state index contributed by atoms with van der Waals surface area (Å²) in [7, 11) is 1.82. The van der Waals surface area contributed by atoms with E-state index in [2.05, 4.69) is 20.6 Å². The number of hydrogen-bond donors (Lipinski definition) is 2. The van der Waals surface area contributed by atoms with E-state index in [0.717, 1.165) is 21.5 Å². The van der Waals surface area contributed by atoms with E-state index in [9.17, 15) is 5.11 Å². The molecule has 18 heavy (non-hydrogen) atoms. The summed E-state index contributed by atoms with van der Waals surface area (Å²) in [5.41, 5.74) is 1.06. The van der Waals surface area contributed by atoms with E-state index in [4.69, 9.17) is 0 Å². The van der Waals surface area contributed by atoms with Crippen LogP contribution in [0.2, 0.25) is 0 Å². The Bertz CT molecular complexity index is 672. The third-order valence-corrected chi connectivity index (χ3v) is 3.48. The first kappa shape index (κ1) is 11.0. The number of anilines is 1. The summed E-state index contributed by atoms with van der Waals surface area (Å²) >= 11 is 1.46. The lowest BCUT2D eigenvalue weighted by Crippen LogP contribution is -1.98. The lowest BCUT2D eigenvalue weighted by atomic mass is 10.1. The minimum absolute atomic E-state index is 0.260. The Hall–Kier alpha value is -2.15. The number of aromatic hydroxyl groups is 1. The monoisotopic (exact) mass is 261 g/mol. The van der Waals surface area contributed by atoms with Crippen LogP contribution < -0.4 is 5.32 Å². The zero-order valence-electron chi connectivity index (χ0n) is 9.66. The van der Waals surface area contributed by atoms with Crippen LogP contribution in [0.5, 0.6) is 5.75 Å². The maximum Gasteiger partial charge on any atom is 0.236 e. The van der Waals surface area contributed by atoms with Crippen LogP contribution in [0.1, 0.15) is 11.4 Å². The van der Waals surface area contributed by atoms with Crippen LogP contribution in [0.15, 0.2) is 24.3 Å². The van der Waals surface area contributed by atoms with Gasteiger partial charge in [0.05, 0.1) is 0 Å². The molecule has 2 heterocycles. The largest absolute Gasteiger partial charge is 0.508 e. The van der Waals surface area contributed by atoms with Crippen LogP contribution in [0, 0.1) is 0 Å². The first-order chi connectivity index (χ1) is 8.76. The average Bonchev–Trinajstić information content (AvgIpc) is 2.93. The Balaban J connectivity index is 1.94. The second-order valence-corrected chi connectivity index (χ2v) is 4.77. The number of benzene rings is 1. The summed E-state index contributed by atoms with van der Waals surface area (Å²) in [6.45, 7) is 0. The first-order valence-electron chi connectivity index (χ1n) is 5.43. The summed E-state index contributed by atoms with van der Waals surface area (Å²) in [6, 6.07) is 7.05. The van der Waals surface area contributed by atoms with Crippen LogP contribution in [-0.4, -0.2) is 32.0 Å². The Morgan fingerprint density at radius 3 is 2.78 bits per heavy atom. The van der Waals surface area contributed by atoms with Crippen molar-refractivity contribution in [1.29, 1.82) is 0 Å². The lowest BCUT2D eigenvalue weighted by molar-refractivity contribution is 0.475. The molecule has 0 aliphatic carbocycles. The highest BCUT2D eigenvalue weighted by atomic mass is 32.1. The highest BCUT2D eigenvalue weighted by molar-refractivity contribution is 7.20. The molecule has 0 aliphatic heterocycles. The second-order valence-electron chi connectivity index (χ2n) is 3.81. The molecule has 2 N–H and O–H groups in total. The summed E-state index contributed by atoms with van der Waals surface area (Å²) in [5.74, 6) is 1.05. The highest BCUT2D eigenvalue weighted by Crippen LogP contribution is 2.19. The van der Waals surface area contributed by atoms with E-state index < -0.39 is 0 Å². The van der Waals surface area contributed by atoms with Gasteiger partial charge in [-0.15, -0.1) is 15.3 Å². The fraction of sp³-hybridized carbons (Fsp3) is 0.182. The van der Waals surface area contributed by atoms with Gasteiger partial charge >= 0.3 is 0 Å².